The van der Waals surface area contributed by atoms with Crippen LogP contribution in [-0.2, 0) is 6.42 Å². The molecule has 1 aliphatic rings. The van der Waals surface area contributed by atoms with Gasteiger partial charge in [0.05, 0.1) is 0 Å². The van der Waals surface area contributed by atoms with Crippen LogP contribution in [-0.4, -0.2) is 0 Å². The van der Waals surface area contributed by atoms with Crippen molar-refractivity contribution in [2.75, 3.05) is 0 Å². The Bertz CT molecular complexity index is 498. The van der Waals surface area contributed by atoms with Crippen LogP contribution in [0, 0.1) is 0 Å². The lowest BCUT2D eigenvalue weighted by molar-refractivity contribution is 0.517. The number of hydrogen-bond donors (Lipinski definition) is 0. The van der Waals surface area contributed by atoms with Gasteiger partial charge in [0, 0.05) is 0 Å². The van der Waals surface area contributed by atoms with E-state index < -0.39 is 0 Å². The Morgan fingerprint density at radius 2 is 1.47 bits per heavy atom. The minimum atomic E-state index is 0.685. The van der Waals surface area contributed by atoms with Gasteiger partial charge in [0.1, 0.15) is 0 Å². The maximum atomic E-state index is 2.36. The van der Waals surface area contributed by atoms with E-state index in [9.17, 15) is 0 Å². The van der Waals surface area contributed by atoms with Gasteiger partial charge in [-0.15, -0.1) is 0 Å². The highest BCUT2D eigenvalue weighted by Crippen LogP contribution is 2.39. The number of rotatable bonds is 1. The third-order valence-electron chi connectivity index (χ3n) is 3.96. The molecule has 0 saturated heterocycles. The zero-order chi connectivity index (χ0) is 13.7. The molecule has 0 heterocycles. The first-order valence-electron chi connectivity index (χ1n) is 7.47. The van der Waals surface area contributed by atoms with Crippen LogP contribution in [0.4, 0.5) is 0 Å². The molecule has 2 unspecified atom stereocenters. The average molecular weight is 252 g/mol. The number of benzene rings is 2. The Morgan fingerprint density at radius 1 is 0.842 bits per heavy atom. The van der Waals surface area contributed by atoms with Crippen LogP contribution in [0.15, 0.2) is 54.6 Å². The molecule has 0 saturated carbocycles. The molecule has 3 rings (SSSR count). The van der Waals surface area contributed by atoms with Gasteiger partial charge in [0.2, 0.25) is 0 Å². The van der Waals surface area contributed by atoms with E-state index in [4.69, 9.17) is 0 Å². The second-order valence-electron chi connectivity index (χ2n) is 5.15. The summed E-state index contributed by atoms with van der Waals surface area (Å²) in [6.45, 7) is 6.36. The molecule has 0 bridgehead atoms. The molecule has 2 aromatic rings. The van der Waals surface area contributed by atoms with Gasteiger partial charge in [-0.3, -0.25) is 0 Å². The normalized spacial score (nSPS) is 21.0. The summed E-state index contributed by atoms with van der Waals surface area (Å²) < 4.78 is 0. The lowest BCUT2D eigenvalue weighted by atomic mass is 9.75. The molecular formula is C19H24. The van der Waals surface area contributed by atoms with Gasteiger partial charge >= 0.3 is 0 Å². The van der Waals surface area contributed by atoms with Crippen molar-refractivity contribution < 1.29 is 0 Å². The van der Waals surface area contributed by atoms with E-state index in [1.165, 1.54) is 18.4 Å². The summed E-state index contributed by atoms with van der Waals surface area (Å²) in [6, 6.07) is 19.9. The van der Waals surface area contributed by atoms with Crippen LogP contribution >= 0.6 is 0 Å². The molecule has 0 nitrogen and oxygen atoms in total. The SMILES string of the molecule is CC.CC1CC(c2ccccc2)Cc2ccccc21. The van der Waals surface area contributed by atoms with Crippen molar-refractivity contribution in [3.63, 3.8) is 0 Å². The summed E-state index contributed by atoms with van der Waals surface area (Å²) in [4.78, 5) is 0. The third-order valence-corrected chi connectivity index (χ3v) is 3.96. The minimum Gasteiger partial charge on any atom is -0.0683 e. The Hall–Kier alpha value is -1.56. The van der Waals surface area contributed by atoms with Crippen molar-refractivity contribution in [1.29, 1.82) is 0 Å². The lowest BCUT2D eigenvalue weighted by Gasteiger charge is -2.29. The maximum absolute atomic E-state index is 2.36. The van der Waals surface area contributed by atoms with Gasteiger partial charge in [-0.25, -0.2) is 0 Å². The zero-order valence-corrected chi connectivity index (χ0v) is 12.3. The Labute approximate surface area is 117 Å². The van der Waals surface area contributed by atoms with Crippen molar-refractivity contribution in [3.05, 3.63) is 71.3 Å². The van der Waals surface area contributed by atoms with E-state index in [0.717, 1.165) is 0 Å². The van der Waals surface area contributed by atoms with Crippen molar-refractivity contribution in [2.24, 2.45) is 0 Å². The van der Waals surface area contributed by atoms with E-state index in [1.54, 1.807) is 11.1 Å². The van der Waals surface area contributed by atoms with E-state index in [2.05, 4.69) is 61.5 Å². The van der Waals surface area contributed by atoms with Crippen LogP contribution < -0.4 is 0 Å². The van der Waals surface area contributed by atoms with Crippen molar-refractivity contribution in [3.8, 4) is 0 Å². The summed E-state index contributed by atoms with van der Waals surface area (Å²) >= 11 is 0. The Morgan fingerprint density at radius 3 is 2.21 bits per heavy atom. The molecule has 0 fully saturated rings. The topological polar surface area (TPSA) is 0 Å². The monoisotopic (exact) mass is 252 g/mol. The largest absolute Gasteiger partial charge is 0.0683 e. The Balaban J connectivity index is 0.000000637. The average Bonchev–Trinajstić information content (AvgIpc) is 2.50. The molecule has 100 valence electrons. The predicted octanol–water partition coefficient (Wildman–Crippen LogP) is 5.55. The van der Waals surface area contributed by atoms with Crippen molar-refractivity contribution >= 4 is 0 Å². The first-order chi connectivity index (χ1) is 9.34. The summed E-state index contributed by atoms with van der Waals surface area (Å²) in [6.07, 6.45) is 2.48. The molecule has 19 heavy (non-hydrogen) atoms. The lowest BCUT2D eigenvalue weighted by Crippen LogP contribution is -2.15. The van der Waals surface area contributed by atoms with Gasteiger partial charge in [-0.2, -0.15) is 0 Å². The fraction of sp³-hybridized carbons (Fsp3) is 0.368. The van der Waals surface area contributed by atoms with Gasteiger partial charge in [-0.1, -0.05) is 75.4 Å². The van der Waals surface area contributed by atoms with E-state index >= 15 is 0 Å². The molecule has 2 atom stereocenters. The number of fused-ring (bicyclic) bond motifs is 1. The highest BCUT2D eigenvalue weighted by molar-refractivity contribution is 5.36. The molecule has 0 spiro atoms. The van der Waals surface area contributed by atoms with Gasteiger partial charge < -0.3 is 0 Å². The second-order valence-corrected chi connectivity index (χ2v) is 5.15. The second kappa shape index (κ2) is 6.56. The molecule has 0 radical (unpaired) electrons. The van der Waals surface area contributed by atoms with Crippen LogP contribution in [0.1, 0.15) is 55.7 Å². The summed E-state index contributed by atoms with van der Waals surface area (Å²) in [7, 11) is 0. The van der Waals surface area contributed by atoms with Gasteiger partial charge in [-0.05, 0) is 41.4 Å². The van der Waals surface area contributed by atoms with Crippen molar-refractivity contribution in [2.45, 2.75) is 45.4 Å². The summed E-state index contributed by atoms with van der Waals surface area (Å²) in [5.41, 5.74) is 4.59. The molecule has 2 aromatic carbocycles. The van der Waals surface area contributed by atoms with Crippen LogP contribution in [0.5, 0.6) is 0 Å². The summed E-state index contributed by atoms with van der Waals surface area (Å²) in [5, 5.41) is 0. The predicted molar refractivity (Wildman–Crippen MR) is 83.7 cm³/mol. The quantitative estimate of drug-likeness (QED) is 0.624. The van der Waals surface area contributed by atoms with Gasteiger partial charge in [0.15, 0.2) is 0 Å². The van der Waals surface area contributed by atoms with E-state index in [1.807, 2.05) is 13.8 Å². The molecule has 0 N–H and O–H groups in total. The van der Waals surface area contributed by atoms with E-state index in [0.29, 0.717) is 11.8 Å². The fourth-order valence-corrected chi connectivity index (χ4v) is 3.08. The van der Waals surface area contributed by atoms with Crippen molar-refractivity contribution in [1.82, 2.24) is 0 Å². The Kier molecular flexibility index (Phi) is 4.79. The maximum Gasteiger partial charge on any atom is -0.0116 e. The highest BCUT2D eigenvalue weighted by Gasteiger charge is 2.24. The first-order valence-corrected chi connectivity index (χ1v) is 7.47. The highest BCUT2D eigenvalue weighted by atomic mass is 14.3. The molecule has 0 heteroatoms. The molecule has 1 aliphatic carbocycles. The smallest absolute Gasteiger partial charge is 0.0116 e. The number of hydrogen-bond acceptors (Lipinski definition) is 0. The van der Waals surface area contributed by atoms with Crippen LogP contribution in [0.2, 0.25) is 0 Å². The standard InChI is InChI=1S/C17H18.C2H6/c1-13-11-16(14-7-3-2-4-8-14)12-15-9-5-6-10-17(13)15;1-2/h2-10,13,16H,11-12H2,1H3;1-2H3. The minimum absolute atomic E-state index is 0.685. The van der Waals surface area contributed by atoms with Crippen LogP contribution in [0.25, 0.3) is 0 Å². The first kappa shape index (κ1) is 13.9. The molecule has 0 amide bonds. The van der Waals surface area contributed by atoms with Crippen LogP contribution in [0.3, 0.4) is 0 Å². The van der Waals surface area contributed by atoms with Gasteiger partial charge in [0.25, 0.3) is 0 Å². The third kappa shape index (κ3) is 3.07. The molecule has 0 aromatic heterocycles. The zero-order valence-electron chi connectivity index (χ0n) is 12.3. The van der Waals surface area contributed by atoms with E-state index in [-0.39, 0.29) is 0 Å². The molecule has 0 aliphatic heterocycles. The fourth-order valence-electron chi connectivity index (χ4n) is 3.08. The summed E-state index contributed by atoms with van der Waals surface area (Å²) in [5.74, 6) is 1.38. The molecular weight excluding hydrogens is 228 g/mol.